The molecule has 2 N–H and O–H groups in total. The lowest BCUT2D eigenvalue weighted by molar-refractivity contribution is -0.116. The zero-order valence-electron chi connectivity index (χ0n) is 25.2. The fourth-order valence-electron chi connectivity index (χ4n) is 5.20. The topological polar surface area (TPSA) is 138 Å². The zero-order chi connectivity index (χ0) is 32.4. The lowest BCUT2D eigenvalue weighted by Gasteiger charge is -2.32. The Kier molecular flexibility index (Phi) is 9.49. The molecule has 5 rings (SSSR count). The molecule has 0 radical (unpaired) electrons. The lowest BCUT2D eigenvalue weighted by atomic mass is 10.0. The predicted octanol–water partition coefficient (Wildman–Crippen LogP) is 4.88. The largest absolute Gasteiger partial charge is 0.484 e. The molecule has 0 spiro atoms. The van der Waals surface area contributed by atoms with Crippen LogP contribution in [0.5, 0.6) is 5.75 Å². The van der Waals surface area contributed by atoms with Crippen LogP contribution in [0.4, 0.5) is 10.6 Å². The standard InChI is InChI=1S/C32H35ClN4O7S/c1-32(2,3)37(31(39)40)28-10-4-21(19-34-28)20-35-29(38)11-7-25-17-24-16-23(18-27(33)30(24)44-25)22-5-8-26(9-6-22)45(41,42)36-12-14-43-15-13-36/h4-11,16,18-19,25H,12-15,17,20H2,1-3H3,(H,35,38)(H,39,40). The number of nitrogens with one attached hydrogen (secondary N) is 1. The van der Waals surface area contributed by atoms with E-state index in [-0.39, 0.29) is 23.5 Å². The molecule has 0 saturated carbocycles. The summed E-state index contributed by atoms with van der Waals surface area (Å²) in [5, 5.41) is 12.8. The third kappa shape index (κ3) is 7.47. The molecule has 3 heterocycles. The summed E-state index contributed by atoms with van der Waals surface area (Å²) < 4.78 is 38.6. The summed E-state index contributed by atoms with van der Waals surface area (Å²) in [7, 11) is -3.59. The van der Waals surface area contributed by atoms with E-state index in [9.17, 15) is 23.1 Å². The highest BCUT2D eigenvalue weighted by molar-refractivity contribution is 7.89. The van der Waals surface area contributed by atoms with Gasteiger partial charge in [0.15, 0.2) is 0 Å². The van der Waals surface area contributed by atoms with Crippen LogP contribution in [0.1, 0.15) is 31.9 Å². The number of hydrogen-bond acceptors (Lipinski definition) is 7. The minimum absolute atomic E-state index is 0.215. The van der Waals surface area contributed by atoms with Crippen molar-refractivity contribution in [1.29, 1.82) is 0 Å². The van der Waals surface area contributed by atoms with Gasteiger partial charge in [-0.2, -0.15) is 4.31 Å². The number of amides is 2. The Bertz CT molecular complexity index is 1700. The van der Waals surface area contributed by atoms with E-state index in [1.54, 1.807) is 69.3 Å². The smallest absolute Gasteiger partial charge is 0.413 e. The summed E-state index contributed by atoms with van der Waals surface area (Å²) in [5.41, 5.74) is 2.58. The van der Waals surface area contributed by atoms with Crippen LogP contribution in [0.15, 0.2) is 71.8 Å². The van der Waals surface area contributed by atoms with E-state index in [0.717, 1.165) is 22.3 Å². The van der Waals surface area contributed by atoms with Crippen molar-refractivity contribution in [2.24, 2.45) is 0 Å². The second-order valence-electron chi connectivity index (χ2n) is 11.7. The van der Waals surface area contributed by atoms with Gasteiger partial charge in [-0.25, -0.2) is 18.2 Å². The van der Waals surface area contributed by atoms with Crippen LogP contribution in [0.25, 0.3) is 11.1 Å². The minimum Gasteiger partial charge on any atom is -0.484 e. The number of anilines is 1. The number of carbonyl (C=O) groups is 2. The summed E-state index contributed by atoms with van der Waals surface area (Å²) in [6, 6.07) is 13.8. The second-order valence-corrected chi connectivity index (χ2v) is 14.1. The number of ether oxygens (including phenoxy) is 2. The first-order chi connectivity index (χ1) is 21.3. The molecule has 11 nitrogen and oxygen atoms in total. The molecule has 1 unspecified atom stereocenters. The van der Waals surface area contributed by atoms with Crippen LogP contribution >= 0.6 is 11.6 Å². The number of sulfonamides is 1. The number of carbonyl (C=O) groups excluding carboxylic acids is 1. The summed E-state index contributed by atoms with van der Waals surface area (Å²) in [6.45, 7) is 7.00. The maximum absolute atomic E-state index is 13.0. The average Bonchev–Trinajstić information content (AvgIpc) is 3.43. The van der Waals surface area contributed by atoms with Crippen LogP contribution in [0, 0.1) is 0 Å². The second kappa shape index (κ2) is 13.2. The number of rotatable bonds is 8. The number of aromatic nitrogens is 1. The molecule has 0 aliphatic carbocycles. The van der Waals surface area contributed by atoms with Crippen LogP contribution < -0.4 is 15.0 Å². The van der Waals surface area contributed by atoms with E-state index in [1.807, 2.05) is 6.07 Å². The number of nitrogens with zero attached hydrogens (tertiary/aromatic N) is 3. The molecule has 2 aliphatic rings. The van der Waals surface area contributed by atoms with Crippen molar-refractivity contribution in [3.63, 3.8) is 0 Å². The summed E-state index contributed by atoms with van der Waals surface area (Å²) in [6.07, 6.45) is 3.64. The van der Waals surface area contributed by atoms with E-state index in [0.29, 0.717) is 49.3 Å². The van der Waals surface area contributed by atoms with Gasteiger partial charge in [-0.1, -0.05) is 29.8 Å². The number of carboxylic acid groups (broad SMARTS) is 1. The van der Waals surface area contributed by atoms with Crippen molar-refractivity contribution in [3.8, 4) is 16.9 Å². The van der Waals surface area contributed by atoms with Crippen molar-refractivity contribution >= 4 is 39.4 Å². The van der Waals surface area contributed by atoms with Gasteiger partial charge >= 0.3 is 6.09 Å². The van der Waals surface area contributed by atoms with Gasteiger partial charge in [-0.3, -0.25) is 9.69 Å². The van der Waals surface area contributed by atoms with Crippen molar-refractivity contribution in [1.82, 2.24) is 14.6 Å². The summed E-state index contributed by atoms with van der Waals surface area (Å²) >= 11 is 6.56. The van der Waals surface area contributed by atoms with Gasteiger partial charge in [0.05, 0.1) is 23.1 Å². The van der Waals surface area contributed by atoms with Gasteiger partial charge in [0.25, 0.3) is 0 Å². The molecule has 0 bridgehead atoms. The monoisotopic (exact) mass is 654 g/mol. The van der Waals surface area contributed by atoms with E-state index in [4.69, 9.17) is 21.1 Å². The van der Waals surface area contributed by atoms with E-state index in [1.165, 1.54) is 21.5 Å². The maximum atomic E-state index is 13.0. The van der Waals surface area contributed by atoms with Crippen LogP contribution in [0.3, 0.4) is 0 Å². The zero-order valence-corrected chi connectivity index (χ0v) is 26.8. The number of halogens is 1. The summed E-state index contributed by atoms with van der Waals surface area (Å²) in [5.74, 6) is 0.539. The van der Waals surface area contributed by atoms with Gasteiger partial charge < -0.3 is 19.9 Å². The fourth-order valence-corrected chi connectivity index (χ4v) is 6.89. The Labute approximate surface area is 267 Å². The van der Waals surface area contributed by atoms with E-state index in [2.05, 4.69) is 10.3 Å². The van der Waals surface area contributed by atoms with Crippen molar-refractivity contribution in [2.75, 3.05) is 31.2 Å². The molecule has 2 aliphatic heterocycles. The Morgan fingerprint density at radius 1 is 1.11 bits per heavy atom. The fraction of sp³-hybridized carbons (Fsp3) is 0.344. The molecule has 238 valence electrons. The molecular weight excluding hydrogens is 620 g/mol. The minimum atomic E-state index is -3.59. The van der Waals surface area contributed by atoms with Gasteiger partial charge in [-0.05, 0) is 73.9 Å². The van der Waals surface area contributed by atoms with Crippen molar-refractivity contribution in [2.45, 2.75) is 50.3 Å². The van der Waals surface area contributed by atoms with Crippen LogP contribution in [0.2, 0.25) is 5.02 Å². The molecule has 2 amide bonds. The predicted molar refractivity (Wildman–Crippen MR) is 170 cm³/mol. The Hall–Kier alpha value is -3.97. The molecule has 1 saturated heterocycles. The molecule has 1 atom stereocenters. The van der Waals surface area contributed by atoms with E-state index >= 15 is 0 Å². The first-order valence-corrected chi connectivity index (χ1v) is 16.3. The number of benzene rings is 2. The normalized spacial score (nSPS) is 17.1. The Morgan fingerprint density at radius 3 is 2.44 bits per heavy atom. The van der Waals surface area contributed by atoms with Crippen molar-refractivity contribution < 1.29 is 32.6 Å². The van der Waals surface area contributed by atoms with Crippen LogP contribution in [-0.2, 0) is 32.5 Å². The van der Waals surface area contributed by atoms with Gasteiger partial charge in [0, 0.05) is 49.4 Å². The SMILES string of the molecule is CC(C)(C)N(C(=O)O)c1ccc(CNC(=O)C=CC2Cc3cc(-c4ccc(S(=O)(=O)N5CCOCC5)cc4)cc(Cl)c3O2)cn1. The van der Waals surface area contributed by atoms with Gasteiger partial charge in [-0.15, -0.1) is 0 Å². The Balaban J connectivity index is 1.18. The molecular formula is C32H35ClN4O7S. The first kappa shape index (κ1) is 32.4. The number of pyridine rings is 1. The Morgan fingerprint density at radius 2 is 1.82 bits per heavy atom. The maximum Gasteiger partial charge on any atom is 0.413 e. The van der Waals surface area contributed by atoms with Crippen molar-refractivity contribution in [3.05, 3.63) is 83.0 Å². The highest BCUT2D eigenvalue weighted by Crippen LogP contribution is 2.40. The first-order valence-electron chi connectivity index (χ1n) is 14.4. The molecule has 1 aromatic heterocycles. The lowest BCUT2D eigenvalue weighted by Crippen LogP contribution is -2.45. The third-order valence-corrected chi connectivity index (χ3v) is 9.63. The molecule has 13 heteroatoms. The van der Waals surface area contributed by atoms with Crippen LogP contribution in [-0.4, -0.2) is 72.8 Å². The molecule has 3 aromatic rings. The number of hydrogen-bond donors (Lipinski definition) is 2. The highest BCUT2D eigenvalue weighted by atomic mass is 35.5. The molecule has 2 aromatic carbocycles. The highest BCUT2D eigenvalue weighted by Gasteiger charge is 2.29. The quantitative estimate of drug-likeness (QED) is 0.328. The van der Waals surface area contributed by atoms with Gasteiger partial charge in [0.1, 0.15) is 17.7 Å². The molecule has 45 heavy (non-hydrogen) atoms. The number of morpholine rings is 1. The van der Waals surface area contributed by atoms with Gasteiger partial charge in [0.2, 0.25) is 15.9 Å². The summed E-state index contributed by atoms with van der Waals surface area (Å²) in [4.78, 5) is 29.8. The average molecular weight is 655 g/mol. The van der Waals surface area contributed by atoms with E-state index < -0.39 is 21.7 Å². The number of fused-ring (bicyclic) bond motifs is 1. The molecule has 1 fully saturated rings. The third-order valence-electron chi connectivity index (χ3n) is 7.44.